The fourth-order valence-electron chi connectivity index (χ4n) is 6.43. The van der Waals surface area contributed by atoms with E-state index in [1.165, 1.54) is 22.2 Å². The van der Waals surface area contributed by atoms with Crippen LogP contribution in [0.4, 0.5) is 5.82 Å². The minimum Gasteiger partial charge on any atom is -0.355 e. The Balaban J connectivity index is 1.25. The third-order valence-electron chi connectivity index (χ3n) is 8.38. The molecule has 1 atom stereocenters. The van der Waals surface area contributed by atoms with Gasteiger partial charge in [0.05, 0.1) is 17.6 Å². The Hall–Kier alpha value is -3.71. The summed E-state index contributed by atoms with van der Waals surface area (Å²) in [7, 11) is 2.08. The third kappa shape index (κ3) is 2.91. The zero-order valence-corrected chi connectivity index (χ0v) is 20.1. The smallest absolute Gasteiger partial charge is 0.155 e. The van der Waals surface area contributed by atoms with Crippen molar-refractivity contribution in [2.45, 2.75) is 32.2 Å². The summed E-state index contributed by atoms with van der Waals surface area (Å²) in [6.07, 6.45) is 8.94. The van der Waals surface area contributed by atoms with Crippen LogP contribution in [0.2, 0.25) is 0 Å². The number of nitrogens with zero attached hydrogens (tertiary/aromatic N) is 6. The Morgan fingerprint density at radius 2 is 1.86 bits per heavy atom. The van der Waals surface area contributed by atoms with Crippen molar-refractivity contribution in [1.82, 2.24) is 24.1 Å². The van der Waals surface area contributed by atoms with E-state index in [0.29, 0.717) is 0 Å². The minimum atomic E-state index is 0.0618. The van der Waals surface area contributed by atoms with Crippen LogP contribution in [0.5, 0.6) is 0 Å². The number of rotatable bonds is 2. The molecule has 2 aliphatic rings. The standard InChI is InChI=1S/C28H29N7/c1-18-25(20-5-3-7-23-19(20)9-14-33(23)2)35-24(8-13-31-35)27(32-18)34-15-10-28(11-16-34)17-22-21(26(28)29)6-4-12-30-22/h3-9,12-14,26H,10-11,15-17,29H2,1-2H3/t26-/m1/s1. The molecule has 2 N–H and O–H groups in total. The molecule has 0 unspecified atom stereocenters. The molecular weight excluding hydrogens is 434 g/mol. The summed E-state index contributed by atoms with van der Waals surface area (Å²) < 4.78 is 4.23. The molecule has 7 rings (SSSR count). The first-order valence-corrected chi connectivity index (χ1v) is 12.4. The Bertz CT molecular complexity index is 1590. The molecule has 176 valence electrons. The van der Waals surface area contributed by atoms with Gasteiger partial charge >= 0.3 is 0 Å². The first-order chi connectivity index (χ1) is 17.1. The van der Waals surface area contributed by atoms with Crippen LogP contribution in [0.3, 0.4) is 0 Å². The zero-order chi connectivity index (χ0) is 23.7. The van der Waals surface area contributed by atoms with Crippen molar-refractivity contribution in [3.8, 4) is 11.3 Å². The minimum absolute atomic E-state index is 0.0618. The van der Waals surface area contributed by atoms with Gasteiger partial charge in [-0.3, -0.25) is 4.98 Å². The highest BCUT2D eigenvalue weighted by Gasteiger charge is 2.46. The summed E-state index contributed by atoms with van der Waals surface area (Å²) in [4.78, 5) is 12.2. The molecule has 35 heavy (non-hydrogen) atoms. The van der Waals surface area contributed by atoms with E-state index in [9.17, 15) is 0 Å². The van der Waals surface area contributed by atoms with Crippen molar-refractivity contribution in [2.24, 2.45) is 18.2 Å². The number of aromatic nitrogens is 5. The average Bonchev–Trinajstić information content (AvgIpc) is 3.57. The lowest BCUT2D eigenvalue weighted by Gasteiger charge is -2.42. The quantitative estimate of drug-likeness (QED) is 0.419. The number of fused-ring (bicyclic) bond motifs is 3. The van der Waals surface area contributed by atoms with Crippen molar-refractivity contribution in [2.75, 3.05) is 18.0 Å². The molecule has 1 aliphatic heterocycles. The molecule has 5 heterocycles. The molecule has 0 saturated carbocycles. The van der Waals surface area contributed by atoms with Crippen LogP contribution in [0.25, 0.3) is 27.7 Å². The zero-order valence-electron chi connectivity index (χ0n) is 20.1. The van der Waals surface area contributed by atoms with E-state index >= 15 is 0 Å². The van der Waals surface area contributed by atoms with E-state index < -0.39 is 0 Å². The van der Waals surface area contributed by atoms with Crippen molar-refractivity contribution in [3.63, 3.8) is 0 Å². The first-order valence-electron chi connectivity index (χ1n) is 12.4. The van der Waals surface area contributed by atoms with Crippen molar-refractivity contribution < 1.29 is 0 Å². The van der Waals surface area contributed by atoms with Crippen LogP contribution < -0.4 is 10.6 Å². The number of anilines is 1. The van der Waals surface area contributed by atoms with Gasteiger partial charge in [-0.1, -0.05) is 18.2 Å². The summed E-state index contributed by atoms with van der Waals surface area (Å²) in [5.74, 6) is 1.01. The van der Waals surface area contributed by atoms with Crippen LogP contribution in [-0.2, 0) is 13.5 Å². The molecule has 1 spiro atoms. The molecule has 1 saturated heterocycles. The number of hydrogen-bond donors (Lipinski definition) is 1. The molecule has 1 fully saturated rings. The maximum Gasteiger partial charge on any atom is 0.155 e. The van der Waals surface area contributed by atoms with E-state index in [2.05, 4.69) is 75.5 Å². The lowest BCUT2D eigenvalue weighted by molar-refractivity contribution is 0.187. The van der Waals surface area contributed by atoms with Gasteiger partial charge in [0.15, 0.2) is 5.82 Å². The van der Waals surface area contributed by atoms with Crippen LogP contribution in [0, 0.1) is 12.3 Å². The maximum atomic E-state index is 6.78. The first kappa shape index (κ1) is 20.6. The number of piperidine rings is 1. The van der Waals surface area contributed by atoms with E-state index in [-0.39, 0.29) is 11.5 Å². The largest absolute Gasteiger partial charge is 0.355 e. The molecule has 4 aromatic heterocycles. The van der Waals surface area contributed by atoms with E-state index in [1.54, 1.807) is 0 Å². The Morgan fingerprint density at radius 1 is 1.00 bits per heavy atom. The number of benzene rings is 1. The number of nitrogens with two attached hydrogens (primary N) is 1. The molecular formula is C28H29N7. The van der Waals surface area contributed by atoms with Gasteiger partial charge in [0, 0.05) is 60.7 Å². The van der Waals surface area contributed by atoms with Crippen molar-refractivity contribution >= 4 is 22.2 Å². The summed E-state index contributed by atoms with van der Waals surface area (Å²) in [6, 6.07) is 14.9. The van der Waals surface area contributed by atoms with Gasteiger partial charge < -0.3 is 15.2 Å². The molecule has 1 aromatic carbocycles. The third-order valence-corrected chi connectivity index (χ3v) is 8.38. The lowest BCUT2D eigenvalue weighted by Crippen LogP contribution is -2.44. The average molecular weight is 464 g/mol. The normalized spacial score (nSPS) is 19.2. The highest BCUT2D eigenvalue weighted by Crippen LogP contribution is 2.50. The fraction of sp³-hybridized carbons (Fsp3) is 0.321. The fourth-order valence-corrected chi connectivity index (χ4v) is 6.43. The highest BCUT2D eigenvalue weighted by atomic mass is 15.3. The van der Waals surface area contributed by atoms with Gasteiger partial charge in [0.25, 0.3) is 0 Å². The Labute approximate surface area is 204 Å². The van der Waals surface area contributed by atoms with Crippen LogP contribution in [0.15, 0.2) is 61.1 Å². The summed E-state index contributed by atoms with van der Waals surface area (Å²) >= 11 is 0. The molecule has 0 amide bonds. The second-order valence-electron chi connectivity index (χ2n) is 10.2. The van der Waals surface area contributed by atoms with Gasteiger partial charge in [-0.15, -0.1) is 0 Å². The van der Waals surface area contributed by atoms with Crippen LogP contribution in [-0.4, -0.2) is 37.2 Å². The number of hydrogen-bond acceptors (Lipinski definition) is 5. The van der Waals surface area contributed by atoms with E-state index in [0.717, 1.165) is 60.6 Å². The monoisotopic (exact) mass is 463 g/mol. The summed E-state index contributed by atoms with van der Waals surface area (Å²) in [5.41, 5.74) is 14.7. The topological polar surface area (TPSA) is 77.3 Å². The number of aryl methyl sites for hydroxylation is 2. The molecule has 0 bridgehead atoms. The molecule has 7 nitrogen and oxygen atoms in total. The second-order valence-corrected chi connectivity index (χ2v) is 10.2. The van der Waals surface area contributed by atoms with E-state index in [1.807, 2.05) is 18.5 Å². The van der Waals surface area contributed by atoms with E-state index in [4.69, 9.17) is 15.8 Å². The van der Waals surface area contributed by atoms with Crippen LogP contribution >= 0.6 is 0 Å². The molecule has 1 aliphatic carbocycles. The summed E-state index contributed by atoms with van der Waals surface area (Å²) in [6.45, 7) is 3.97. The predicted octanol–water partition coefficient (Wildman–Crippen LogP) is 4.43. The SMILES string of the molecule is Cc1nc(N2CCC3(CC2)Cc2ncccc2[C@H]3N)c2ccnn2c1-c1cccc2c1ccn2C. The predicted molar refractivity (Wildman–Crippen MR) is 138 cm³/mol. The van der Waals surface area contributed by atoms with Gasteiger partial charge in [-0.2, -0.15) is 5.10 Å². The Morgan fingerprint density at radius 3 is 2.69 bits per heavy atom. The van der Waals surface area contributed by atoms with Gasteiger partial charge in [-0.05, 0) is 61.4 Å². The van der Waals surface area contributed by atoms with Gasteiger partial charge in [-0.25, -0.2) is 9.50 Å². The van der Waals surface area contributed by atoms with Crippen LogP contribution in [0.1, 0.15) is 35.8 Å². The van der Waals surface area contributed by atoms with Gasteiger partial charge in [0.1, 0.15) is 5.52 Å². The second kappa shape index (κ2) is 7.39. The Kier molecular flexibility index (Phi) is 4.36. The molecule has 7 heteroatoms. The van der Waals surface area contributed by atoms with Crippen molar-refractivity contribution in [1.29, 1.82) is 0 Å². The van der Waals surface area contributed by atoms with Gasteiger partial charge in [0.2, 0.25) is 0 Å². The maximum absolute atomic E-state index is 6.78. The molecule has 0 radical (unpaired) electrons. The summed E-state index contributed by atoms with van der Waals surface area (Å²) in [5, 5.41) is 5.97. The highest BCUT2D eigenvalue weighted by molar-refractivity contribution is 5.96. The van der Waals surface area contributed by atoms with Crippen molar-refractivity contribution in [3.05, 3.63) is 78.0 Å². The molecule has 5 aromatic rings. The number of pyridine rings is 1. The lowest BCUT2D eigenvalue weighted by atomic mass is 9.73.